The molecule has 3 aromatic heterocycles. The third-order valence-corrected chi connectivity index (χ3v) is 7.02. The summed E-state index contributed by atoms with van der Waals surface area (Å²) in [5.74, 6) is 0.142. The van der Waals surface area contributed by atoms with E-state index >= 15 is 0 Å². The van der Waals surface area contributed by atoms with Crippen molar-refractivity contribution in [2.75, 3.05) is 7.11 Å². The Labute approximate surface area is 180 Å². The van der Waals surface area contributed by atoms with E-state index < -0.39 is 0 Å². The number of methoxy groups -OCH3 is 1. The van der Waals surface area contributed by atoms with Crippen molar-refractivity contribution in [3.8, 4) is 11.3 Å². The van der Waals surface area contributed by atoms with Gasteiger partial charge in [0.05, 0.1) is 29.8 Å². The minimum absolute atomic E-state index is 0.312. The van der Waals surface area contributed by atoms with E-state index in [4.69, 9.17) is 14.8 Å². The van der Waals surface area contributed by atoms with E-state index in [1.54, 1.807) is 11.3 Å². The number of aromatic nitrogens is 3. The molecule has 0 saturated heterocycles. The number of carbonyl (C=O) groups excluding carboxylic acids is 1. The lowest BCUT2D eigenvalue weighted by Gasteiger charge is -2.15. The zero-order valence-corrected chi connectivity index (χ0v) is 19.2. The van der Waals surface area contributed by atoms with Crippen LogP contribution in [0.2, 0.25) is 0 Å². The average molecular weight is 422 g/mol. The molecule has 0 saturated carbocycles. The van der Waals surface area contributed by atoms with Crippen molar-refractivity contribution < 1.29 is 9.53 Å². The number of esters is 1. The molecule has 6 heteroatoms. The summed E-state index contributed by atoms with van der Waals surface area (Å²) in [6, 6.07) is 7.98. The molecule has 0 aliphatic heterocycles. The van der Waals surface area contributed by atoms with E-state index in [1.807, 2.05) is 30.5 Å². The van der Waals surface area contributed by atoms with Crippen LogP contribution in [0, 0.1) is 20.8 Å². The molecule has 4 aromatic rings. The Morgan fingerprint density at radius 1 is 1.20 bits per heavy atom. The first-order valence-electron chi connectivity index (χ1n) is 10.4. The van der Waals surface area contributed by atoms with Crippen molar-refractivity contribution in [3.05, 3.63) is 51.7 Å². The quantitative estimate of drug-likeness (QED) is 0.359. The number of carbonyl (C=O) groups is 1. The van der Waals surface area contributed by atoms with Crippen molar-refractivity contribution in [2.45, 2.75) is 53.4 Å². The van der Waals surface area contributed by atoms with E-state index in [1.165, 1.54) is 12.7 Å². The molecule has 3 heterocycles. The zero-order chi connectivity index (χ0) is 21.6. The maximum atomic E-state index is 12.3. The fraction of sp³-hybridized carbons (Fsp3) is 0.375. The van der Waals surface area contributed by atoms with Crippen molar-refractivity contribution in [1.29, 1.82) is 0 Å². The maximum Gasteiger partial charge on any atom is 0.339 e. The van der Waals surface area contributed by atoms with Gasteiger partial charge in [-0.25, -0.2) is 14.3 Å². The van der Waals surface area contributed by atoms with Crippen LogP contribution in [-0.2, 0) is 4.74 Å². The minimum atomic E-state index is -0.312. The first kappa shape index (κ1) is 20.5. The first-order chi connectivity index (χ1) is 14.4. The van der Waals surface area contributed by atoms with Crippen molar-refractivity contribution in [2.24, 2.45) is 0 Å². The normalized spacial score (nSPS) is 11.7. The zero-order valence-electron chi connectivity index (χ0n) is 18.4. The molecular formula is C24H27N3O2S. The number of ether oxygens (including phenoxy) is 1. The molecule has 0 aliphatic carbocycles. The van der Waals surface area contributed by atoms with E-state index in [0.29, 0.717) is 11.5 Å². The molecule has 0 N–H and O–H groups in total. The summed E-state index contributed by atoms with van der Waals surface area (Å²) in [5.41, 5.74) is 6.83. The number of benzene rings is 1. The van der Waals surface area contributed by atoms with Gasteiger partial charge >= 0.3 is 5.97 Å². The Morgan fingerprint density at radius 3 is 2.60 bits per heavy atom. The molecule has 0 amide bonds. The summed E-state index contributed by atoms with van der Waals surface area (Å²) in [5, 5.41) is 5.89. The molecule has 156 valence electrons. The number of thiophene rings is 1. The standard InChI is InChI=1S/C24H27N3O2S/c1-7-16(8-2)19-12-13(3)26-27-21(14(4)25-23(19)27)20-15(5)30-22-17(20)10-9-11-18(22)24(28)29-6/h9-12,16H,7-8H2,1-6H3. The summed E-state index contributed by atoms with van der Waals surface area (Å²) in [6.45, 7) is 10.6. The van der Waals surface area contributed by atoms with Crippen LogP contribution < -0.4 is 0 Å². The molecule has 0 fully saturated rings. The van der Waals surface area contributed by atoms with Gasteiger partial charge in [0.1, 0.15) is 0 Å². The molecule has 0 unspecified atom stereocenters. The van der Waals surface area contributed by atoms with Crippen molar-refractivity contribution in [1.82, 2.24) is 14.6 Å². The predicted octanol–water partition coefficient (Wildman–Crippen LogP) is 6.23. The van der Waals surface area contributed by atoms with Crippen LogP contribution in [-0.4, -0.2) is 27.7 Å². The molecule has 30 heavy (non-hydrogen) atoms. The molecule has 1 aromatic carbocycles. The number of hydrogen-bond acceptors (Lipinski definition) is 5. The van der Waals surface area contributed by atoms with Gasteiger partial charge in [-0.05, 0) is 51.7 Å². The van der Waals surface area contributed by atoms with E-state index in [-0.39, 0.29) is 5.97 Å². The smallest absolute Gasteiger partial charge is 0.339 e. The van der Waals surface area contributed by atoms with Gasteiger partial charge in [0, 0.05) is 26.1 Å². The molecule has 0 bridgehead atoms. The lowest BCUT2D eigenvalue weighted by molar-refractivity contribution is 0.0603. The highest BCUT2D eigenvalue weighted by Crippen LogP contribution is 2.42. The topological polar surface area (TPSA) is 56.5 Å². The van der Waals surface area contributed by atoms with Crippen LogP contribution in [0.1, 0.15) is 64.8 Å². The molecule has 0 spiro atoms. The molecule has 5 nitrogen and oxygen atoms in total. The number of hydrogen-bond donors (Lipinski definition) is 0. The summed E-state index contributed by atoms with van der Waals surface area (Å²) in [6.07, 6.45) is 2.14. The minimum Gasteiger partial charge on any atom is -0.465 e. The first-order valence-corrected chi connectivity index (χ1v) is 11.2. The molecule has 0 atom stereocenters. The largest absolute Gasteiger partial charge is 0.465 e. The van der Waals surface area contributed by atoms with E-state index in [9.17, 15) is 4.79 Å². The van der Waals surface area contributed by atoms with Crippen LogP contribution in [0.15, 0.2) is 24.3 Å². The predicted molar refractivity (Wildman–Crippen MR) is 123 cm³/mol. The van der Waals surface area contributed by atoms with Crippen LogP contribution >= 0.6 is 11.3 Å². The van der Waals surface area contributed by atoms with Gasteiger partial charge in [-0.2, -0.15) is 5.10 Å². The monoisotopic (exact) mass is 421 g/mol. The van der Waals surface area contributed by atoms with Gasteiger partial charge in [0.2, 0.25) is 0 Å². The summed E-state index contributed by atoms with van der Waals surface area (Å²) >= 11 is 1.62. The molecular weight excluding hydrogens is 394 g/mol. The van der Waals surface area contributed by atoms with Crippen LogP contribution in [0.4, 0.5) is 0 Å². The van der Waals surface area contributed by atoms with Crippen LogP contribution in [0.25, 0.3) is 27.0 Å². The summed E-state index contributed by atoms with van der Waals surface area (Å²) in [4.78, 5) is 18.4. The van der Waals surface area contributed by atoms with Crippen LogP contribution in [0.3, 0.4) is 0 Å². The fourth-order valence-corrected chi connectivity index (χ4v) is 5.55. The third kappa shape index (κ3) is 3.10. The highest BCUT2D eigenvalue weighted by Gasteiger charge is 2.24. The molecule has 0 aliphatic rings. The summed E-state index contributed by atoms with van der Waals surface area (Å²) in [7, 11) is 1.42. The number of nitrogens with zero attached hydrogens (tertiary/aromatic N) is 3. The lowest BCUT2D eigenvalue weighted by atomic mass is 9.95. The van der Waals surface area contributed by atoms with Gasteiger partial charge < -0.3 is 4.74 Å². The Kier molecular flexibility index (Phi) is 5.36. The highest BCUT2D eigenvalue weighted by atomic mass is 32.1. The average Bonchev–Trinajstić information content (AvgIpc) is 3.23. The van der Waals surface area contributed by atoms with Gasteiger partial charge in [-0.1, -0.05) is 26.0 Å². The van der Waals surface area contributed by atoms with Gasteiger partial charge in [-0.3, -0.25) is 0 Å². The second-order valence-electron chi connectivity index (χ2n) is 7.74. The third-order valence-electron chi connectivity index (χ3n) is 5.87. The van der Waals surface area contributed by atoms with Gasteiger partial charge in [0.15, 0.2) is 5.65 Å². The maximum absolute atomic E-state index is 12.3. The van der Waals surface area contributed by atoms with Gasteiger partial charge in [0.25, 0.3) is 0 Å². The number of rotatable bonds is 5. The molecule has 4 rings (SSSR count). The second-order valence-corrected chi connectivity index (χ2v) is 8.97. The number of aryl methyl sites for hydroxylation is 3. The second kappa shape index (κ2) is 7.84. The lowest BCUT2D eigenvalue weighted by Crippen LogP contribution is -2.05. The van der Waals surface area contributed by atoms with Crippen molar-refractivity contribution >= 4 is 33.0 Å². The Hall–Kier alpha value is -2.73. The summed E-state index contributed by atoms with van der Waals surface area (Å²) < 4.78 is 7.95. The Balaban J connectivity index is 2.06. The van der Waals surface area contributed by atoms with E-state index in [2.05, 4.69) is 32.9 Å². The SMILES string of the molecule is CCC(CC)c1cc(C)nn2c(-c3c(C)sc4c(C(=O)OC)cccc34)c(C)nc12. The highest BCUT2D eigenvalue weighted by molar-refractivity contribution is 7.20. The van der Waals surface area contributed by atoms with E-state index in [0.717, 1.165) is 56.1 Å². The van der Waals surface area contributed by atoms with Crippen molar-refractivity contribution in [3.63, 3.8) is 0 Å². The molecule has 0 radical (unpaired) electrons. The Bertz CT molecular complexity index is 1260. The number of fused-ring (bicyclic) bond motifs is 2. The van der Waals surface area contributed by atoms with Crippen LogP contribution in [0.5, 0.6) is 0 Å². The number of imidazole rings is 1. The fourth-order valence-electron chi connectivity index (χ4n) is 4.40. The Morgan fingerprint density at radius 2 is 1.93 bits per heavy atom. The van der Waals surface area contributed by atoms with Gasteiger partial charge in [-0.15, -0.1) is 11.3 Å².